The Hall–Kier alpha value is -3.64. The van der Waals surface area contributed by atoms with Crippen molar-refractivity contribution in [2.24, 2.45) is 0 Å². The van der Waals surface area contributed by atoms with Crippen LogP contribution in [0.4, 0.5) is 0 Å². The highest BCUT2D eigenvalue weighted by Crippen LogP contribution is 2.38. The SMILES string of the molecule is COc1ccc(/C=C2\OC(=O)C(C(=O)c3ccc(Br)cc3)=C2c2cccc(OC)c2)cc1. The molecule has 0 N–H and O–H groups in total. The van der Waals surface area contributed by atoms with Crippen LogP contribution in [0, 0.1) is 0 Å². The smallest absolute Gasteiger partial charge is 0.348 e. The fourth-order valence-corrected chi connectivity index (χ4v) is 3.66. The normalized spacial score (nSPS) is 14.5. The average molecular weight is 491 g/mol. The second kappa shape index (κ2) is 9.24. The molecule has 0 saturated heterocycles. The number of allylic oxidation sites excluding steroid dienone is 1. The first-order chi connectivity index (χ1) is 15.5. The number of ketones is 1. The van der Waals surface area contributed by atoms with Gasteiger partial charge in [-0.1, -0.05) is 40.2 Å². The molecule has 0 aromatic heterocycles. The van der Waals surface area contributed by atoms with Crippen molar-refractivity contribution in [2.75, 3.05) is 14.2 Å². The van der Waals surface area contributed by atoms with Gasteiger partial charge in [-0.3, -0.25) is 4.79 Å². The summed E-state index contributed by atoms with van der Waals surface area (Å²) < 4.78 is 17.0. The maximum absolute atomic E-state index is 13.3. The molecule has 0 aliphatic carbocycles. The van der Waals surface area contributed by atoms with E-state index in [1.54, 1.807) is 62.8 Å². The monoisotopic (exact) mass is 490 g/mol. The number of hydrogen-bond donors (Lipinski definition) is 0. The number of carbonyl (C=O) groups is 2. The van der Waals surface area contributed by atoms with Gasteiger partial charge in [-0.2, -0.15) is 0 Å². The first-order valence-electron chi connectivity index (χ1n) is 9.77. The van der Waals surface area contributed by atoms with Crippen LogP contribution in [0.1, 0.15) is 21.5 Å². The minimum atomic E-state index is -0.685. The topological polar surface area (TPSA) is 61.8 Å². The summed E-state index contributed by atoms with van der Waals surface area (Å²) in [6, 6.07) is 21.3. The maximum Gasteiger partial charge on any atom is 0.348 e. The number of rotatable bonds is 6. The Morgan fingerprint density at radius 2 is 1.59 bits per heavy atom. The van der Waals surface area contributed by atoms with Gasteiger partial charge >= 0.3 is 5.97 Å². The molecule has 4 rings (SSSR count). The third-order valence-corrected chi connectivity index (χ3v) is 5.54. The van der Waals surface area contributed by atoms with Crippen LogP contribution in [0.25, 0.3) is 11.6 Å². The molecular formula is C26H19BrO5. The lowest BCUT2D eigenvalue weighted by atomic mass is 9.93. The first kappa shape index (κ1) is 21.6. The van der Waals surface area contributed by atoms with E-state index in [1.165, 1.54) is 0 Å². The van der Waals surface area contributed by atoms with Crippen molar-refractivity contribution in [1.82, 2.24) is 0 Å². The number of ether oxygens (including phenoxy) is 3. The van der Waals surface area contributed by atoms with E-state index in [9.17, 15) is 9.59 Å². The third-order valence-electron chi connectivity index (χ3n) is 5.01. The predicted molar refractivity (Wildman–Crippen MR) is 125 cm³/mol. The van der Waals surface area contributed by atoms with E-state index in [0.717, 1.165) is 10.0 Å². The zero-order chi connectivity index (χ0) is 22.7. The van der Waals surface area contributed by atoms with Gasteiger partial charge in [0.2, 0.25) is 5.78 Å². The van der Waals surface area contributed by atoms with Crippen LogP contribution in [0.2, 0.25) is 0 Å². The summed E-state index contributed by atoms with van der Waals surface area (Å²) >= 11 is 3.36. The van der Waals surface area contributed by atoms with E-state index in [2.05, 4.69) is 15.9 Å². The second-order valence-electron chi connectivity index (χ2n) is 6.99. The average Bonchev–Trinajstić information content (AvgIpc) is 3.15. The van der Waals surface area contributed by atoms with Crippen molar-refractivity contribution >= 4 is 39.3 Å². The van der Waals surface area contributed by atoms with Crippen molar-refractivity contribution < 1.29 is 23.8 Å². The lowest BCUT2D eigenvalue weighted by Gasteiger charge is -2.08. The molecule has 0 radical (unpaired) electrons. The highest BCUT2D eigenvalue weighted by atomic mass is 79.9. The summed E-state index contributed by atoms with van der Waals surface area (Å²) in [5.74, 6) is 0.529. The fraction of sp³-hybridized carbons (Fsp3) is 0.0769. The molecule has 1 aliphatic heterocycles. The van der Waals surface area contributed by atoms with E-state index in [4.69, 9.17) is 14.2 Å². The molecule has 0 bridgehead atoms. The molecule has 0 unspecified atom stereocenters. The third kappa shape index (κ3) is 4.36. The minimum Gasteiger partial charge on any atom is -0.497 e. The number of Topliss-reactive ketones (excluding diaryl/α,β-unsaturated/α-hetero) is 1. The molecule has 0 spiro atoms. The Kier molecular flexibility index (Phi) is 6.23. The van der Waals surface area contributed by atoms with Crippen LogP contribution in [0.3, 0.4) is 0 Å². The van der Waals surface area contributed by atoms with Gasteiger partial charge in [0.1, 0.15) is 22.8 Å². The van der Waals surface area contributed by atoms with E-state index in [0.29, 0.717) is 34.0 Å². The van der Waals surface area contributed by atoms with E-state index >= 15 is 0 Å². The van der Waals surface area contributed by atoms with E-state index in [1.807, 2.05) is 30.3 Å². The fourth-order valence-electron chi connectivity index (χ4n) is 3.40. The number of methoxy groups -OCH3 is 2. The molecule has 32 heavy (non-hydrogen) atoms. The molecule has 6 heteroatoms. The molecule has 3 aromatic rings. The first-order valence-corrected chi connectivity index (χ1v) is 10.6. The molecule has 0 amide bonds. The van der Waals surface area contributed by atoms with Gasteiger partial charge in [-0.05, 0) is 65.7 Å². The minimum absolute atomic E-state index is 0.0136. The van der Waals surface area contributed by atoms with Gasteiger partial charge < -0.3 is 14.2 Å². The molecule has 160 valence electrons. The van der Waals surface area contributed by atoms with Crippen molar-refractivity contribution in [3.63, 3.8) is 0 Å². The van der Waals surface area contributed by atoms with Crippen LogP contribution < -0.4 is 9.47 Å². The summed E-state index contributed by atoms with van der Waals surface area (Å²) in [6.45, 7) is 0. The van der Waals surface area contributed by atoms with Crippen molar-refractivity contribution in [3.05, 3.63) is 105 Å². The van der Waals surface area contributed by atoms with Gasteiger partial charge in [0.05, 0.1) is 14.2 Å². The summed E-state index contributed by atoms with van der Waals surface area (Å²) in [6.07, 6.45) is 1.73. The molecule has 1 heterocycles. The number of benzene rings is 3. The van der Waals surface area contributed by atoms with Gasteiger partial charge in [0, 0.05) is 15.6 Å². The number of halogens is 1. The second-order valence-corrected chi connectivity index (χ2v) is 7.90. The maximum atomic E-state index is 13.3. The van der Waals surface area contributed by atoms with Crippen LogP contribution >= 0.6 is 15.9 Å². The lowest BCUT2D eigenvalue weighted by molar-refractivity contribution is -0.132. The largest absolute Gasteiger partial charge is 0.497 e. The molecule has 5 nitrogen and oxygen atoms in total. The summed E-state index contributed by atoms with van der Waals surface area (Å²) in [5, 5.41) is 0. The summed E-state index contributed by atoms with van der Waals surface area (Å²) in [5.41, 5.74) is 2.26. The van der Waals surface area contributed by atoms with Crippen molar-refractivity contribution in [2.45, 2.75) is 0 Å². The molecule has 3 aromatic carbocycles. The molecular weight excluding hydrogens is 472 g/mol. The van der Waals surface area contributed by atoms with Gasteiger partial charge in [-0.15, -0.1) is 0 Å². The zero-order valence-corrected chi connectivity index (χ0v) is 19.0. The van der Waals surface area contributed by atoms with E-state index in [-0.39, 0.29) is 5.57 Å². The van der Waals surface area contributed by atoms with Crippen molar-refractivity contribution in [1.29, 1.82) is 0 Å². The van der Waals surface area contributed by atoms with E-state index < -0.39 is 11.8 Å². The molecule has 0 fully saturated rings. The summed E-state index contributed by atoms with van der Waals surface area (Å²) in [7, 11) is 3.15. The Bertz CT molecular complexity index is 1240. The lowest BCUT2D eigenvalue weighted by Crippen LogP contribution is -2.11. The van der Waals surface area contributed by atoms with Gasteiger partial charge in [0.25, 0.3) is 0 Å². The number of hydrogen-bond acceptors (Lipinski definition) is 5. The highest BCUT2D eigenvalue weighted by molar-refractivity contribution is 9.10. The Balaban J connectivity index is 1.88. The van der Waals surface area contributed by atoms with Crippen LogP contribution in [0.15, 0.2) is 88.6 Å². The Morgan fingerprint density at radius 3 is 2.25 bits per heavy atom. The highest BCUT2D eigenvalue weighted by Gasteiger charge is 2.36. The quantitative estimate of drug-likeness (QED) is 0.252. The summed E-state index contributed by atoms with van der Waals surface area (Å²) in [4.78, 5) is 26.2. The zero-order valence-electron chi connectivity index (χ0n) is 17.4. The van der Waals surface area contributed by atoms with Crippen LogP contribution in [-0.2, 0) is 9.53 Å². The van der Waals surface area contributed by atoms with Gasteiger partial charge in [-0.25, -0.2) is 4.79 Å². The van der Waals surface area contributed by atoms with Crippen LogP contribution in [-0.4, -0.2) is 26.0 Å². The van der Waals surface area contributed by atoms with Gasteiger partial charge in [0.15, 0.2) is 0 Å². The standard InChI is InChI=1S/C26H19BrO5/c1-30-20-12-6-16(7-13-20)14-22-23(18-4-3-5-21(15-18)31-2)24(26(29)32-22)25(28)17-8-10-19(27)11-9-17/h3-15H,1-2H3/b22-14-. The number of carbonyl (C=O) groups excluding carboxylic acids is 2. The Morgan fingerprint density at radius 1 is 0.906 bits per heavy atom. The molecule has 0 saturated carbocycles. The number of esters is 1. The number of cyclic esters (lactones) is 1. The Labute approximate surface area is 194 Å². The van der Waals surface area contributed by atoms with Crippen LogP contribution in [0.5, 0.6) is 11.5 Å². The molecule has 1 aliphatic rings. The molecule has 0 atom stereocenters. The predicted octanol–water partition coefficient (Wildman–Crippen LogP) is 5.70. The van der Waals surface area contributed by atoms with Crippen molar-refractivity contribution in [3.8, 4) is 11.5 Å².